The lowest BCUT2D eigenvalue weighted by atomic mass is 9.88. The van der Waals surface area contributed by atoms with E-state index in [1.165, 1.54) is 29.2 Å². The summed E-state index contributed by atoms with van der Waals surface area (Å²) in [6, 6.07) is 12.0. The Labute approximate surface area is 139 Å². The van der Waals surface area contributed by atoms with Crippen molar-refractivity contribution in [2.75, 3.05) is 11.4 Å². The van der Waals surface area contributed by atoms with Crippen LogP contribution in [0, 0.1) is 5.82 Å². The van der Waals surface area contributed by atoms with Crippen LogP contribution in [0.25, 0.3) is 0 Å². The van der Waals surface area contributed by atoms with Gasteiger partial charge in [0.25, 0.3) is 5.91 Å². The second-order valence-electron chi connectivity index (χ2n) is 5.94. The van der Waals surface area contributed by atoms with Crippen LogP contribution < -0.4 is 4.90 Å². The van der Waals surface area contributed by atoms with Gasteiger partial charge in [0, 0.05) is 17.7 Å². The highest BCUT2D eigenvalue weighted by molar-refractivity contribution is 6.10. The second kappa shape index (κ2) is 6.17. The summed E-state index contributed by atoms with van der Waals surface area (Å²) in [5, 5.41) is 11.0. The highest BCUT2D eigenvalue weighted by Gasteiger charge is 2.50. The number of amides is 1. The molecule has 4 nitrogen and oxygen atoms in total. The summed E-state index contributed by atoms with van der Waals surface area (Å²) in [7, 11) is 0. The molecule has 2 aromatic rings. The van der Waals surface area contributed by atoms with Gasteiger partial charge in [0.15, 0.2) is 11.4 Å². The van der Waals surface area contributed by atoms with Crippen molar-refractivity contribution in [1.29, 1.82) is 0 Å². The lowest BCUT2D eigenvalue weighted by Crippen LogP contribution is -2.42. The van der Waals surface area contributed by atoms with E-state index >= 15 is 0 Å². The maximum atomic E-state index is 13.0. The molecular formula is C19H18FNO3. The number of halogens is 1. The number of carbonyl (C=O) groups is 2. The third kappa shape index (κ3) is 2.61. The molecule has 0 spiro atoms. The van der Waals surface area contributed by atoms with Crippen molar-refractivity contribution in [2.24, 2.45) is 0 Å². The Bertz CT molecular complexity index is 787. The molecule has 1 aliphatic rings. The van der Waals surface area contributed by atoms with E-state index in [-0.39, 0.29) is 12.0 Å². The van der Waals surface area contributed by atoms with Crippen LogP contribution >= 0.6 is 0 Å². The van der Waals surface area contributed by atoms with Crippen LogP contribution in [0.3, 0.4) is 0 Å². The zero-order valence-electron chi connectivity index (χ0n) is 13.3. The number of nitrogens with zero attached hydrogens (tertiary/aromatic N) is 1. The smallest absolute Gasteiger partial charge is 0.264 e. The van der Waals surface area contributed by atoms with Gasteiger partial charge >= 0.3 is 0 Å². The number of benzene rings is 2. The normalized spacial score (nSPS) is 19.5. The third-order valence-corrected chi connectivity index (χ3v) is 4.27. The van der Waals surface area contributed by atoms with E-state index in [9.17, 15) is 19.1 Å². The van der Waals surface area contributed by atoms with Crippen LogP contribution in [0.1, 0.15) is 35.7 Å². The van der Waals surface area contributed by atoms with Gasteiger partial charge in [-0.1, -0.05) is 25.1 Å². The first-order valence-corrected chi connectivity index (χ1v) is 7.90. The Hall–Kier alpha value is -2.53. The van der Waals surface area contributed by atoms with E-state index in [2.05, 4.69) is 0 Å². The van der Waals surface area contributed by atoms with Gasteiger partial charge in [-0.2, -0.15) is 0 Å². The monoisotopic (exact) mass is 327 g/mol. The van der Waals surface area contributed by atoms with Crippen molar-refractivity contribution in [1.82, 2.24) is 0 Å². The molecule has 1 atom stereocenters. The summed E-state index contributed by atoms with van der Waals surface area (Å²) >= 11 is 0. The summed E-state index contributed by atoms with van der Waals surface area (Å²) in [5.41, 5.74) is -0.529. The molecule has 1 aliphatic heterocycles. The molecule has 1 N–H and O–H groups in total. The number of ketones is 1. The molecule has 0 saturated carbocycles. The predicted octanol–water partition coefficient (Wildman–Crippen LogP) is 3.04. The average Bonchev–Trinajstić information content (AvgIpc) is 2.78. The molecule has 0 bridgehead atoms. The van der Waals surface area contributed by atoms with Crippen molar-refractivity contribution in [3.05, 3.63) is 65.5 Å². The molecule has 0 radical (unpaired) electrons. The Kier molecular flexibility index (Phi) is 4.20. The van der Waals surface area contributed by atoms with Crippen LogP contribution in [0.5, 0.6) is 0 Å². The molecule has 0 fully saturated rings. The van der Waals surface area contributed by atoms with E-state index < -0.39 is 23.1 Å². The number of para-hydroxylation sites is 1. The Morgan fingerprint density at radius 2 is 1.83 bits per heavy atom. The number of Topliss-reactive ketones (excluding diaryl/α,β-unsaturated/α-hetero) is 1. The lowest BCUT2D eigenvalue weighted by molar-refractivity contribution is -0.135. The summed E-state index contributed by atoms with van der Waals surface area (Å²) < 4.78 is 13.0. The first-order chi connectivity index (χ1) is 11.5. The van der Waals surface area contributed by atoms with E-state index in [0.29, 0.717) is 17.8 Å². The minimum atomic E-state index is -1.88. The Morgan fingerprint density at radius 3 is 2.50 bits per heavy atom. The molecule has 3 rings (SSSR count). The van der Waals surface area contributed by atoms with E-state index in [1.807, 2.05) is 6.92 Å². The minimum absolute atomic E-state index is 0.268. The lowest BCUT2D eigenvalue weighted by Gasteiger charge is -2.22. The molecule has 1 heterocycles. The Morgan fingerprint density at radius 1 is 1.17 bits per heavy atom. The number of fused-ring (bicyclic) bond motifs is 1. The Balaban J connectivity index is 1.95. The summed E-state index contributed by atoms with van der Waals surface area (Å²) in [5.74, 6) is -1.33. The number of hydrogen-bond donors (Lipinski definition) is 1. The molecular weight excluding hydrogens is 309 g/mol. The topological polar surface area (TPSA) is 57.6 Å². The number of anilines is 1. The maximum absolute atomic E-state index is 13.0. The van der Waals surface area contributed by atoms with Gasteiger partial charge in [0.05, 0.1) is 12.1 Å². The first kappa shape index (κ1) is 16.3. The number of hydrogen-bond acceptors (Lipinski definition) is 3. The fraction of sp³-hybridized carbons (Fsp3) is 0.263. The van der Waals surface area contributed by atoms with Crippen molar-refractivity contribution in [3.63, 3.8) is 0 Å². The molecule has 5 heteroatoms. The SMILES string of the molecule is CCCN1C(=O)[C@](O)(CC(=O)c2ccc(F)cc2)c2ccccc21. The standard InChI is InChI=1S/C19H18FNO3/c1-2-11-21-16-6-4-3-5-15(16)19(24,18(21)23)12-17(22)13-7-9-14(20)10-8-13/h3-10,24H,2,11-12H2,1H3/t19-/m0/s1. The van der Waals surface area contributed by atoms with Gasteiger partial charge in [-0.15, -0.1) is 0 Å². The number of carbonyl (C=O) groups excluding carboxylic acids is 2. The molecule has 0 unspecified atom stereocenters. The molecule has 1 amide bonds. The zero-order valence-corrected chi connectivity index (χ0v) is 13.3. The quantitative estimate of drug-likeness (QED) is 0.859. The highest BCUT2D eigenvalue weighted by Crippen LogP contribution is 2.42. The van der Waals surface area contributed by atoms with Gasteiger partial charge in [-0.05, 0) is 36.8 Å². The van der Waals surface area contributed by atoms with Crippen LogP contribution in [0.4, 0.5) is 10.1 Å². The summed E-state index contributed by atoms with van der Waals surface area (Å²) in [6.45, 7) is 2.42. The van der Waals surface area contributed by atoms with Crippen LogP contribution in [0.2, 0.25) is 0 Å². The van der Waals surface area contributed by atoms with Crippen molar-refractivity contribution >= 4 is 17.4 Å². The third-order valence-electron chi connectivity index (χ3n) is 4.27. The van der Waals surface area contributed by atoms with Crippen LogP contribution in [0.15, 0.2) is 48.5 Å². The first-order valence-electron chi connectivity index (χ1n) is 7.90. The van der Waals surface area contributed by atoms with Gasteiger partial charge in [0.1, 0.15) is 5.82 Å². The number of aliphatic hydroxyl groups is 1. The van der Waals surface area contributed by atoms with Gasteiger partial charge < -0.3 is 10.0 Å². The molecule has 0 aromatic heterocycles. The second-order valence-corrected chi connectivity index (χ2v) is 5.94. The van der Waals surface area contributed by atoms with Crippen molar-refractivity contribution < 1.29 is 19.1 Å². The summed E-state index contributed by atoms with van der Waals surface area (Å²) in [4.78, 5) is 26.8. The van der Waals surface area contributed by atoms with Gasteiger partial charge in [0.2, 0.25) is 0 Å². The molecule has 0 aliphatic carbocycles. The van der Waals surface area contributed by atoms with E-state index in [1.54, 1.807) is 24.3 Å². The fourth-order valence-corrected chi connectivity index (χ4v) is 3.09. The number of rotatable bonds is 5. The zero-order chi connectivity index (χ0) is 17.3. The molecule has 2 aromatic carbocycles. The average molecular weight is 327 g/mol. The summed E-state index contributed by atoms with van der Waals surface area (Å²) in [6.07, 6.45) is 0.372. The van der Waals surface area contributed by atoms with Gasteiger partial charge in [-0.3, -0.25) is 9.59 Å². The van der Waals surface area contributed by atoms with E-state index in [0.717, 1.165) is 6.42 Å². The highest BCUT2D eigenvalue weighted by atomic mass is 19.1. The largest absolute Gasteiger partial charge is 0.375 e. The molecule has 124 valence electrons. The molecule has 0 saturated heterocycles. The predicted molar refractivity (Wildman–Crippen MR) is 88.3 cm³/mol. The fourth-order valence-electron chi connectivity index (χ4n) is 3.09. The maximum Gasteiger partial charge on any atom is 0.264 e. The van der Waals surface area contributed by atoms with Gasteiger partial charge in [-0.25, -0.2) is 4.39 Å². The van der Waals surface area contributed by atoms with E-state index in [4.69, 9.17) is 0 Å². The van der Waals surface area contributed by atoms with Crippen LogP contribution in [-0.2, 0) is 10.4 Å². The van der Waals surface area contributed by atoms with Crippen molar-refractivity contribution in [2.45, 2.75) is 25.4 Å². The van der Waals surface area contributed by atoms with Crippen LogP contribution in [-0.4, -0.2) is 23.3 Å². The minimum Gasteiger partial charge on any atom is -0.375 e. The van der Waals surface area contributed by atoms with Crippen molar-refractivity contribution in [3.8, 4) is 0 Å². The molecule has 24 heavy (non-hydrogen) atoms.